The van der Waals surface area contributed by atoms with Gasteiger partial charge in [0.05, 0.1) is 12.8 Å². The molecule has 0 aliphatic carbocycles. The summed E-state index contributed by atoms with van der Waals surface area (Å²) < 4.78 is 10.9. The van der Waals surface area contributed by atoms with Gasteiger partial charge in [0.15, 0.2) is 6.61 Å². The van der Waals surface area contributed by atoms with Crippen molar-refractivity contribution in [2.24, 2.45) is 10.8 Å². The summed E-state index contributed by atoms with van der Waals surface area (Å²) in [6, 6.07) is 4.35. The molecule has 0 spiro atoms. The van der Waals surface area contributed by atoms with Gasteiger partial charge < -0.3 is 15.2 Å². The third-order valence-corrected chi connectivity index (χ3v) is 2.49. The van der Waals surface area contributed by atoms with E-state index in [1.165, 1.54) is 6.21 Å². The number of nitrogens with one attached hydrogen (secondary N) is 1. The number of urea groups is 1. The van der Waals surface area contributed by atoms with Crippen LogP contribution < -0.4 is 15.9 Å². The summed E-state index contributed by atoms with van der Waals surface area (Å²) >= 11 is 3.30. The maximum absolute atomic E-state index is 11.2. The first kappa shape index (κ1) is 16.0. The zero-order chi connectivity index (χ0) is 15.0. The summed E-state index contributed by atoms with van der Waals surface area (Å²) in [4.78, 5) is 21.8. The van der Waals surface area contributed by atoms with Gasteiger partial charge in [-0.05, 0) is 25.1 Å². The van der Waals surface area contributed by atoms with E-state index in [1.807, 2.05) is 0 Å². The highest BCUT2D eigenvalue weighted by molar-refractivity contribution is 9.10. The zero-order valence-electron chi connectivity index (χ0n) is 10.8. The predicted octanol–water partition coefficient (Wildman–Crippen LogP) is 1.39. The van der Waals surface area contributed by atoms with E-state index in [1.54, 1.807) is 25.1 Å². The number of nitrogens with zero attached hydrogens (tertiary/aromatic N) is 1. The van der Waals surface area contributed by atoms with Crippen molar-refractivity contribution in [3.8, 4) is 5.75 Å². The highest BCUT2D eigenvalue weighted by Gasteiger charge is 2.07. The summed E-state index contributed by atoms with van der Waals surface area (Å²) in [5.41, 5.74) is 7.53. The molecule has 0 aliphatic rings. The van der Waals surface area contributed by atoms with Crippen LogP contribution in [0.25, 0.3) is 0 Å². The number of halogens is 1. The van der Waals surface area contributed by atoms with Crippen LogP contribution in [-0.4, -0.2) is 31.4 Å². The minimum Gasteiger partial charge on any atom is -0.481 e. The van der Waals surface area contributed by atoms with Gasteiger partial charge in [-0.3, -0.25) is 0 Å². The molecule has 8 heteroatoms. The second-order valence-electron chi connectivity index (χ2n) is 3.51. The average molecular weight is 344 g/mol. The van der Waals surface area contributed by atoms with Gasteiger partial charge in [0, 0.05) is 10.0 Å². The van der Waals surface area contributed by atoms with Gasteiger partial charge in [-0.1, -0.05) is 15.9 Å². The lowest BCUT2D eigenvalue weighted by Gasteiger charge is -2.08. The van der Waals surface area contributed by atoms with E-state index < -0.39 is 12.0 Å². The van der Waals surface area contributed by atoms with Crippen molar-refractivity contribution < 1.29 is 19.1 Å². The van der Waals surface area contributed by atoms with Crippen LogP contribution >= 0.6 is 15.9 Å². The quantitative estimate of drug-likeness (QED) is 0.462. The lowest BCUT2D eigenvalue weighted by Crippen LogP contribution is -2.24. The number of benzene rings is 1. The second-order valence-corrected chi connectivity index (χ2v) is 4.43. The SMILES string of the molecule is CCOC(=O)COc1ccc(Br)cc1C=NNC(N)=O. The number of ether oxygens (including phenoxy) is 2. The van der Waals surface area contributed by atoms with Gasteiger partial charge in [-0.2, -0.15) is 5.10 Å². The van der Waals surface area contributed by atoms with Crippen LogP contribution in [0.2, 0.25) is 0 Å². The van der Waals surface area contributed by atoms with Crippen molar-refractivity contribution in [3.05, 3.63) is 28.2 Å². The monoisotopic (exact) mass is 343 g/mol. The number of carbonyl (C=O) groups excluding carboxylic acids is 2. The normalized spacial score (nSPS) is 10.3. The highest BCUT2D eigenvalue weighted by atomic mass is 79.9. The number of hydrogen-bond donors (Lipinski definition) is 2. The van der Waals surface area contributed by atoms with Crippen LogP contribution in [-0.2, 0) is 9.53 Å². The summed E-state index contributed by atoms with van der Waals surface area (Å²) in [5, 5.41) is 3.64. The fourth-order valence-electron chi connectivity index (χ4n) is 1.26. The smallest absolute Gasteiger partial charge is 0.344 e. The predicted molar refractivity (Wildman–Crippen MR) is 76.6 cm³/mol. The summed E-state index contributed by atoms with van der Waals surface area (Å²) in [7, 11) is 0. The number of rotatable bonds is 6. The fraction of sp³-hybridized carbons (Fsp3) is 0.250. The molecule has 0 radical (unpaired) electrons. The Balaban J connectivity index is 2.76. The lowest BCUT2D eigenvalue weighted by molar-refractivity contribution is -0.145. The molecule has 1 aromatic carbocycles. The first-order valence-electron chi connectivity index (χ1n) is 5.69. The Labute approximate surface area is 124 Å². The van der Waals surface area contributed by atoms with Crippen molar-refractivity contribution in [3.63, 3.8) is 0 Å². The number of hydrazone groups is 1. The maximum atomic E-state index is 11.2. The first-order chi connectivity index (χ1) is 9.52. The number of amides is 2. The van der Waals surface area contributed by atoms with Crippen LogP contribution in [0.15, 0.2) is 27.8 Å². The molecule has 0 saturated heterocycles. The molecule has 0 atom stereocenters. The fourth-order valence-corrected chi connectivity index (χ4v) is 1.64. The van der Waals surface area contributed by atoms with Crippen molar-refractivity contribution in [1.82, 2.24) is 5.43 Å². The summed E-state index contributed by atoms with van der Waals surface area (Å²) in [6.07, 6.45) is 1.36. The number of primary amides is 1. The van der Waals surface area contributed by atoms with Gasteiger partial charge in [-0.15, -0.1) is 0 Å². The standard InChI is InChI=1S/C12H14BrN3O4/c1-2-19-11(17)7-20-10-4-3-9(13)5-8(10)6-15-16-12(14)18/h3-6H,2,7H2,1H3,(H3,14,16,18). The lowest BCUT2D eigenvalue weighted by atomic mass is 10.2. The zero-order valence-corrected chi connectivity index (χ0v) is 12.3. The van der Waals surface area contributed by atoms with Crippen molar-refractivity contribution in [2.75, 3.05) is 13.2 Å². The Bertz CT molecular complexity index is 519. The van der Waals surface area contributed by atoms with Gasteiger partial charge in [-0.25, -0.2) is 15.0 Å². The number of hydrogen-bond acceptors (Lipinski definition) is 5. The van der Waals surface area contributed by atoms with Gasteiger partial charge >= 0.3 is 12.0 Å². The Hall–Kier alpha value is -2.09. The minimum absolute atomic E-state index is 0.209. The van der Waals surface area contributed by atoms with Crippen LogP contribution in [0.3, 0.4) is 0 Å². The topological polar surface area (TPSA) is 103 Å². The highest BCUT2D eigenvalue weighted by Crippen LogP contribution is 2.21. The number of esters is 1. The summed E-state index contributed by atoms with van der Waals surface area (Å²) in [6.45, 7) is 1.80. The Morgan fingerprint density at radius 1 is 1.50 bits per heavy atom. The minimum atomic E-state index is -0.773. The van der Waals surface area contributed by atoms with E-state index in [0.29, 0.717) is 17.9 Å². The third kappa shape index (κ3) is 5.70. The molecular weight excluding hydrogens is 330 g/mol. The number of nitrogens with two attached hydrogens (primary N) is 1. The molecule has 7 nitrogen and oxygen atoms in total. The van der Waals surface area contributed by atoms with E-state index in [0.717, 1.165) is 4.47 Å². The molecule has 0 heterocycles. The van der Waals surface area contributed by atoms with E-state index >= 15 is 0 Å². The second kappa shape index (κ2) is 8.16. The van der Waals surface area contributed by atoms with Crippen LogP contribution in [0.1, 0.15) is 12.5 Å². The molecule has 0 saturated carbocycles. The van der Waals surface area contributed by atoms with E-state index in [9.17, 15) is 9.59 Å². The largest absolute Gasteiger partial charge is 0.481 e. The third-order valence-electron chi connectivity index (χ3n) is 2.00. The van der Waals surface area contributed by atoms with E-state index in [4.69, 9.17) is 15.2 Å². The number of carbonyl (C=O) groups is 2. The molecule has 0 bridgehead atoms. The molecule has 20 heavy (non-hydrogen) atoms. The summed E-state index contributed by atoms with van der Waals surface area (Å²) in [5.74, 6) is -0.0372. The van der Waals surface area contributed by atoms with Crippen LogP contribution in [0.4, 0.5) is 4.79 Å². The Morgan fingerprint density at radius 3 is 2.90 bits per heavy atom. The van der Waals surface area contributed by atoms with Gasteiger partial charge in [0.1, 0.15) is 5.75 Å². The molecule has 0 unspecified atom stereocenters. The molecule has 2 amide bonds. The van der Waals surface area contributed by atoms with E-state index in [2.05, 4.69) is 26.5 Å². The molecule has 0 fully saturated rings. The van der Waals surface area contributed by atoms with Crippen LogP contribution in [0.5, 0.6) is 5.75 Å². The molecule has 108 valence electrons. The van der Waals surface area contributed by atoms with Gasteiger partial charge in [0.2, 0.25) is 0 Å². The van der Waals surface area contributed by atoms with Gasteiger partial charge in [0.25, 0.3) is 0 Å². The molecule has 0 aliphatic heterocycles. The van der Waals surface area contributed by atoms with Crippen molar-refractivity contribution in [2.45, 2.75) is 6.92 Å². The van der Waals surface area contributed by atoms with E-state index in [-0.39, 0.29) is 6.61 Å². The Kier molecular flexibility index (Phi) is 6.51. The maximum Gasteiger partial charge on any atom is 0.344 e. The van der Waals surface area contributed by atoms with Crippen molar-refractivity contribution in [1.29, 1.82) is 0 Å². The molecular formula is C12H14BrN3O4. The average Bonchev–Trinajstić information content (AvgIpc) is 2.37. The molecule has 1 aromatic rings. The van der Waals surface area contributed by atoms with Crippen molar-refractivity contribution >= 4 is 34.1 Å². The first-order valence-corrected chi connectivity index (χ1v) is 6.48. The van der Waals surface area contributed by atoms with Crippen LogP contribution in [0, 0.1) is 0 Å². The Morgan fingerprint density at radius 2 is 2.25 bits per heavy atom. The molecule has 1 rings (SSSR count). The molecule has 3 N–H and O–H groups in total. The molecule has 0 aromatic heterocycles.